The van der Waals surface area contributed by atoms with E-state index in [-0.39, 0.29) is 5.97 Å². The van der Waals surface area contributed by atoms with Crippen LogP contribution < -0.4 is 5.32 Å². The zero-order valence-electron chi connectivity index (χ0n) is 7.88. The van der Waals surface area contributed by atoms with Crippen LogP contribution in [0.15, 0.2) is 12.2 Å². The van der Waals surface area contributed by atoms with Crippen molar-refractivity contribution >= 4 is 5.97 Å². The quantitative estimate of drug-likeness (QED) is 0.284. The van der Waals surface area contributed by atoms with E-state index in [2.05, 4.69) is 16.0 Å². The molecule has 0 aromatic rings. The van der Waals surface area contributed by atoms with E-state index in [0.29, 0.717) is 19.6 Å². The minimum atomic E-state index is -0.304. The van der Waals surface area contributed by atoms with E-state index in [0.717, 1.165) is 6.54 Å². The van der Waals surface area contributed by atoms with Crippen molar-refractivity contribution in [3.8, 4) is 12.3 Å². The number of terminal acetylenes is 1. The van der Waals surface area contributed by atoms with Gasteiger partial charge in [0.15, 0.2) is 0 Å². The van der Waals surface area contributed by atoms with Gasteiger partial charge in [0.05, 0.1) is 6.61 Å². The van der Waals surface area contributed by atoms with Gasteiger partial charge in [-0.2, -0.15) is 0 Å². The number of esters is 1. The molecule has 3 nitrogen and oxygen atoms in total. The van der Waals surface area contributed by atoms with Crippen LogP contribution in [0.5, 0.6) is 0 Å². The molecule has 0 rings (SSSR count). The summed E-state index contributed by atoms with van der Waals surface area (Å²) in [5, 5.41) is 3.05. The lowest BCUT2D eigenvalue weighted by atomic mass is 10.4. The zero-order chi connectivity index (χ0) is 9.94. The van der Waals surface area contributed by atoms with Crippen molar-refractivity contribution in [3.05, 3.63) is 12.2 Å². The minimum absolute atomic E-state index is 0.304. The van der Waals surface area contributed by atoms with Gasteiger partial charge in [-0.15, -0.1) is 12.3 Å². The second-order valence-electron chi connectivity index (χ2n) is 2.31. The van der Waals surface area contributed by atoms with E-state index >= 15 is 0 Å². The van der Waals surface area contributed by atoms with Gasteiger partial charge in [-0.05, 0) is 6.92 Å². The molecule has 0 fully saturated rings. The normalized spacial score (nSPS) is 9.85. The van der Waals surface area contributed by atoms with Crippen LogP contribution >= 0.6 is 0 Å². The number of rotatable bonds is 6. The smallest absolute Gasteiger partial charge is 0.330 e. The summed E-state index contributed by atoms with van der Waals surface area (Å²) in [4.78, 5) is 10.8. The van der Waals surface area contributed by atoms with Crippen LogP contribution in [0.3, 0.4) is 0 Å². The standard InChI is InChI=1S/C10H15NO2/c1-3-5-8-11-9-6-7-10(12)13-4-2/h1,6-7,11H,4-5,8-9H2,2H3/b7-6+. The summed E-state index contributed by atoms with van der Waals surface area (Å²) in [6, 6.07) is 0. The molecule has 0 aromatic heterocycles. The average molecular weight is 181 g/mol. The summed E-state index contributed by atoms with van der Waals surface area (Å²) in [5.74, 6) is 2.21. The molecule has 0 saturated carbocycles. The Labute approximate surface area is 79.2 Å². The lowest BCUT2D eigenvalue weighted by molar-refractivity contribution is -0.137. The predicted octanol–water partition coefficient (Wildman–Crippen LogP) is 0.719. The number of hydrogen-bond acceptors (Lipinski definition) is 3. The first-order chi connectivity index (χ1) is 6.31. The van der Waals surface area contributed by atoms with E-state index in [1.54, 1.807) is 13.0 Å². The van der Waals surface area contributed by atoms with Crippen LogP contribution in [0.25, 0.3) is 0 Å². The molecular weight excluding hydrogens is 166 g/mol. The van der Waals surface area contributed by atoms with Crippen molar-refractivity contribution in [2.24, 2.45) is 0 Å². The topological polar surface area (TPSA) is 38.3 Å². The van der Waals surface area contributed by atoms with Gasteiger partial charge in [-0.1, -0.05) is 6.08 Å². The molecule has 0 bridgehead atoms. The maximum atomic E-state index is 10.8. The summed E-state index contributed by atoms with van der Waals surface area (Å²) in [6.45, 7) is 3.59. The van der Waals surface area contributed by atoms with E-state index in [9.17, 15) is 4.79 Å². The van der Waals surface area contributed by atoms with Gasteiger partial charge < -0.3 is 10.1 Å². The lowest BCUT2D eigenvalue weighted by Crippen LogP contribution is -2.14. The number of nitrogens with one attached hydrogen (secondary N) is 1. The van der Waals surface area contributed by atoms with Crippen molar-refractivity contribution in [2.45, 2.75) is 13.3 Å². The Hall–Kier alpha value is -1.27. The van der Waals surface area contributed by atoms with Crippen molar-refractivity contribution < 1.29 is 9.53 Å². The molecule has 13 heavy (non-hydrogen) atoms. The average Bonchev–Trinajstić information content (AvgIpc) is 2.11. The molecule has 0 unspecified atom stereocenters. The largest absolute Gasteiger partial charge is 0.463 e. The summed E-state index contributed by atoms with van der Waals surface area (Å²) >= 11 is 0. The van der Waals surface area contributed by atoms with Gasteiger partial charge in [-0.25, -0.2) is 4.79 Å². The van der Waals surface area contributed by atoms with E-state index < -0.39 is 0 Å². The van der Waals surface area contributed by atoms with Crippen LogP contribution in [-0.2, 0) is 9.53 Å². The molecule has 0 atom stereocenters. The number of carbonyl (C=O) groups excluding carboxylic acids is 1. The molecule has 3 heteroatoms. The monoisotopic (exact) mass is 181 g/mol. The van der Waals surface area contributed by atoms with Crippen molar-refractivity contribution in [3.63, 3.8) is 0 Å². The maximum absolute atomic E-state index is 10.8. The fraction of sp³-hybridized carbons (Fsp3) is 0.500. The van der Waals surface area contributed by atoms with Crippen molar-refractivity contribution in [1.29, 1.82) is 0 Å². The SMILES string of the molecule is C#CCCNC/C=C/C(=O)OCC. The third-order valence-electron chi connectivity index (χ3n) is 1.25. The summed E-state index contributed by atoms with van der Waals surface area (Å²) in [5.41, 5.74) is 0. The maximum Gasteiger partial charge on any atom is 0.330 e. The van der Waals surface area contributed by atoms with Gasteiger partial charge in [-0.3, -0.25) is 0 Å². The first kappa shape index (κ1) is 11.7. The minimum Gasteiger partial charge on any atom is -0.463 e. The van der Waals surface area contributed by atoms with Crippen LogP contribution in [-0.4, -0.2) is 25.7 Å². The van der Waals surface area contributed by atoms with Crippen LogP contribution in [0, 0.1) is 12.3 Å². The Morgan fingerprint density at radius 3 is 3.08 bits per heavy atom. The molecule has 0 amide bonds. The highest BCUT2D eigenvalue weighted by Gasteiger charge is 1.91. The molecule has 0 aliphatic heterocycles. The Bertz CT molecular complexity index is 203. The second kappa shape index (κ2) is 8.82. The number of carbonyl (C=O) groups is 1. The lowest BCUT2D eigenvalue weighted by Gasteiger charge is -1.96. The molecule has 0 aromatic carbocycles. The fourth-order valence-corrected chi connectivity index (χ4v) is 0.691. The molecule has 0 aliphatic carbocycles. The van der Waals surface area contributed by atoms with Crippen molar-refractivity contribution in [2.75, 3.05) is 19.7 Å². The van der Waals surface area contributed by atoms with Gasteiger partial charge in [0.2, 0.25) is 0 Å². The fourth-order valence-electron chi connectivity index (χ4n) is 0.691. The Balaban J connectivity index is 3.31. The molecule has 0 radical (unpaired) electrons. The first-order valence-corrected chi connectivity index (χ1v) is 4.28. The highest BCUT2D eigenvalue weighted by molar-refractivity contribution is 5.81. The van der Waals surface area contributed by atoms with Crippen molar-refractivity contribution in [1.82, 2.24) is 5.32 Å². The van der Waals surface area contributed by atoms with Crippen LogP contribution in [0.2, 0.25) is 0 Å². The van der Waals surface area contributed by atoms with Crippen LogP contribution in [0.1, 0.15) is 13.3 Å². The Morgan fingerprint density at radius 2 is 2.46 bits per heavy atom. The Morgan fingerprint density at radius 1 is 1.69 bits per heavy atom. The highest BCUT2D eigenvalue weighted by Crippen LogP contribution is 1.80. The number of ether oxygens (including phenoxy) is 1. The molecule has 0 saturated heterocycles. The Kier molecular flexibility index (Phi) is 7.96. The molecule has 0 heterocycles. The van der Waals surface area contributed by atoms with Gasteiger partial charge >= 0.3 is 5.97 Å². The highest BCUT2D eigenvalue weighted by atomic mass is 16.5. The first-order valence-electron chi connectivity index (χ1n) is 4.28. The summed E-state index contributed by atoms with van der Waals surface area (Å²) in [6.07, 6.45) is 8.88. The molecule has 0 aliphatic rings. The van der Waals surface area contributed by atoms with Crippen LogP contribution in [0.4, 0.5) is 0 Å². The van der Waals surface area contributed by atoms with E-state index in [1.165, 1.54) is 6.08 Å². The third-order valence-corrected chi connectivity index (χ3v) is 1.25. The molecular formula is C10H15NO2. The number of hydrogen-bond donors (Lipinski definition) is 1. The van der Waals surface area contributed by atoms with Gasteiger partial charge in [0.1, 0.15) is 0 Å². The summed E-state index contributed by atoms with van der Waals surface area (Å²) in [7, 11) is 0. The molecule has 72 valence electrons. The molecule has 0 spiro atoms. The zero-order valence-corrected chi connectivity index (χ0v) is 7.88. The van der Waals surface area contributed by atoms with E-state index in [4.69, 9.17) is 6.42 Å². The van der Waals surface area contributed by atoms with Gasteiger partial charge in [0, 0.05) is 25.6 Å². The van der Waals surface area contributed by atoms with Gasteiger partial charge in [0.25, 0.3) is 0 Å². The summed E-state index contributed by atoms with van der Waals surface area (Å²) < 4.78 is 4.68. The molecule has 1 N–H and O–H groups in total. The second-order valence-corrected chi connectivity index (χ2v) is 2.31. The van der Waals surface area contributed by atoms with E-state index in [1.807, 2.05) is 0 Å². The predicted molar refractivity (Wildman–Crippen MR) is 52.1 cm³/mol. The third kappa shape index (κ3) is 8.64.